The minimum absolute atomic E-state index is 0. The van der Waals surface area contributed by atoms with Gasteiger partial charge in [-0.3, -0.25) is 4.99 Å². The van der Waals surface area contributed by atoms with Crippen LogP contribution in [-0.4, -0.2) is 50.1 Å². The number of hydrogen-bond acceptors (Lipinski definition) is 2. The number of hydrogen-bond donors (Lipinski definition) is 2. The second-order valence-corrected chi connectivity index (χ2v) is 6.69. The van der Waals surface area contributed by atoms with E-state index in [-0.39, 0.29) is 29.5 Å². The fourth-order valence-corrected chi connectivity index (χ4v) is 2.23. The van der Waals surface area contributed by atoms with Crippen molar-refractivity contribution in [1.29, 1.82) is 0 Å². The lowest BCUT2D eigenvalue weighted by Crippen LogP contribution is -2.44. The summed E-state index contributed by atoms with van der Waals surface area (Å²) in [6.07, 6.45) is 8.83. The van der Waals surface area contributed by atoms with Gasteiger partial charge in [0.15, 0.2) is 5.96 Å². The zero-order valence-corrected chi connectivity index (χ0v) is 17.4. The van der Waals surface area contributed by atoms with Crippen LogP contribution in [0.1, 0.15) is 52.9 Å². The Morgan fingerprint density at radius 3 is 2.55 bits per heavy atom. The number of allylic oxidation sites excluding steroid dienone is 1. The molecule has 0 aromatic carbocycles. The Bertz CT molecular complexity index is 362. The molecule has 0 unspecified atom stereocenters. The van der Waals surface area contributed by atoms with Crippen LogP contribution in [0.25, 0.3) is 0 Å². The van der Waals surface area contributed by atoms with Crippen LogP contribution in [-0.2, 0) is 0 Å². The molecule has 0 fully saturated rings. The van der Waals surface area contributed by atoms with Crippen LogP contribution >= 0.6 is 24.0 Å². The van der Waals surface area contributed by atoms with Gasteiger partial charge in [0, 0.05) is 18.6 Å². The molecule has 4 nitrogen and oxygen atoms in total. The van der Waals surface area contributed by atoms with Crippen molar-refractivity contribution in [3.63, 3.8) is 0 Å². The maximum Gasteiger partial charge on any atom is 0.191 e. The standard InChI is InChI=1S/C17H34N4.HI/c1-6-18-16(20-14-17(2,3)21(4)5)19-13-12-15-10-8-7-9-11-15;/h10H,6-9,11-14H2,1-5H3,(H2,18,19,20);1H. The molecule has 0 aromatic heterocycles. The van der Waals surface area contributed by atoms with E-state index in [0.29, 0.717) is 0 Å². The predicted octanol–water partition coefficient (Wildman–Crippen LogP) is 3.39. The topological polar surface area (TPSA) is 39.7 Å². The largest absolute Gasteiger partial charge is 0.357 e. The van der Waals surface area contributed by atoms with Crippen LogP contribution < -0.4 is 10.6 Å². The minimum atomic E-state index is 0. The molecule has 0 radical (unpaired) electrons. The zero-order valence-electron chi connectivity index (χ0n) is 15.0. The van der Waals surface area contributed by atoms with Crippen LogP contribution in [0.2, 0.25) is 0 Å². The van der Waals surface area contributed by atoms with E-state index >= 15 is 0 Å². The summed E-state index contributed by atoms with van der Waals surface area (Å²) in [5, 5.41) is 6.79. The van der Waals surface area contributed by atoms with Crippen molar-refractivity contribution in [3.8, 4) is 0 Å². The number of halogens is 1. The van der Waals surface area contributed by atoms with Crippen molar-refractivity contribution in [3.05, 3.63) is 11.6 Å². The van der Waals surface area contributed by atoms with Gasteiger partial charge in [-0.25, -0.2) is 0 Å². The van der Waals surface area contributed by atoms with Gasteiger partial charge in [0.25, 0.3) is 0 Å². The zero-order chi connectivity index (χ0) is 15.7. The second kappa shape index (κ2) is 11.3. The number of aliphatic imine (C=N–C) groups is 1. The van der Waals surface area contributed by atoms with E-state index in [0.717, 1.165) is 32.0 Å². The van der Waals surface area contributed by atoms with E-state index in [1.807, 2.05) is 0 Å². The van der Waals surface area contributed by atoms with Gasteiger partial charge in [0.1, 0.15) is 0 Å². The van der Waals surface area contributed by atoms with E-state index < -0.39 is 0 Å². The number of nitrogens with zero attached hydrogens (tertiary/aromatic N) is 2. The molecule has 1 aliphatic carbocycles. The van der Waals surface area contributed by atoms with Gasteiger partial charge in [0.2, 0.25) is 0 Å². The average molecular weight is 422 g/mol. The maximum atomic E-state index is 4.72. The molecule has 0 heterocycles. The summed E-state index contributed by atoms with van der Waals surface area (Å²) in [4.78, 5) is 6.94. The Balaban J connectivity index is 0.00000441. The molecular formula is C17H35IN4. The van der Waals surface area contributed by atoms with Crippen LogP contribution in [0.4, 0.5) is 0 Å². The summed E-state index contributed by atoms with van der Waals surface area (Å²) >= 11 is 0. The molecule has 22 heavy (non-hydrogen) atoms. The number of likely N-dealkylation sites (N-methyl/N-ethyl adjacent to an activating group) is 1. The van der Waals surface area contributed by atoms with Crippen molar-refractivity contribution in [1.82, 2.24) is 15.5 Å². The smallest absolute Gasteiger partial charge is 0.191 e. The molecule has 1 rings (SSSR count). The Labute approximate surface area is 154 Å². The third-order valence-corrected chi connectivity index (χ3v) is 4.30. The molecule has 0 saturated carbocycles. The quantitative estimate of drug-likeness (QED) is 0.286. The third kappa shape index (κ3) is 8.36. The summed E-state index contributed by atoms with van der Waals surface area (Å²) in [6, 6.07) is 0. The second-order valence-electron chi connectivity index (χ2n) is 6.69. The highest BCUT2D eigenvalue weighted by Gasteiger charge is 2.19. The van der Waals surface area contributed by atoms with Crippen molar-refractivity contribution < 1.29 is 0 Å². The number of guanidine groups is 1. The highest BCUT2D eigenvalue weighted by Crippen LogP contribution is 2.19. The molecule has 0 amide bonds. The molecule has 1 aliphatic rings. The third-order valence-electron chi connectivity index (χ3n) is 4.30. The minimum Gasteiger partial charge on any atom is -0.357 e. The van der Waals surface area contributed by atoms with Gasteiger partial charge in [-0.15, -0.1) is 24.0 Å². The number of nitrogens with one attached hydrogen (secondary N) is 2. The molecule has 0 aromatic rings. The Morgan fingerprint density at radius 1 is 1.27 bits per heavy atom. The molecule has 0 atom stereocenters. The van der Waals surface area contributed by atoms with Crippen LogP contribution in [0, 0.1) is 0 Å². The molecule has 0 spiro atoms. The lowest BCUT2D eigenvalue weighted by Gasteiger charge is -2.31. The molecule has 2 N–H and O–H groups in total. The Morgan fingerprint density at radius 2 is 2.00 bits per heavy atom. The van der Waals surface area contributed by atoms with Crippen molar-refractivity contribution in [2.24, 2.45) is 4.99 Å². The van der Waals surface area contributed by atoms with E-state index in [4.69, 9.17) is 4.99 Å². The van der Waals surface area contributed by atoms with Crippen LogP contribution in [0.5, 0.6) is 0 Å². The lowest BCUT2D eigenvalue weighted by atomic mass is 9.97. The summed E-state index contributed by atoms with van der Waals surface area (Å²) < 4.78 is 0. The van der Waals surface area contributed by atoms with Crippen LogP contribution in [0.15, 0.2) is 16.6 Å². The summed E-state index contributed by atoms with van der Waals surface area (Å²) in [5.41, 5.74) is 1.69. The van der Waals surface area contributed by atoms with E-state index in [1.165, 1.54) is 25.7 Å². The van der Waals surface area contributed by atoms with Crippen molar-refractivity contribution in [2.75, 3.05) is 33.7 Å². The highest BCUT2D eigenvalue weighted by molar-refractivity contribution is 14.0. The first-order valence-electron chi connectivity index (χ1n) is 8.33. The fraction of sp³-hybridized carbons (Fsp3) is 0.824. The van der Waals surface area contributed by atoms with E-state index in [9.17, 15) is 0 Å². The molecular weight excluding hydrogens is 387 g/mol. The van der Waals surface area contributed by atoms with Gasteiger partial charge < -0.3 is 15.5 Å². The molecule has 5 heteroatoms. The molecule has 130 valence electrons. The van der Waals surface area contributed by atoms with Gasteiger partial charge in [-0.1, -0.05) is 11.6 Å². The summed E-state index contributed by atoms with van der Waals surface area (Å²) in [7, 11) is 4.21. The molecule has 0 aliphatic heterocycles. The predicted molar refractivity (Wildman–Crippen MR) is 108 cm³/mol. The fourth-order valence-electron chi connectivity index (χ4n) is 2.23. The van der Waals surface area contributed by atoms with Gasteiger partial charge >= 0.3 is 0 Å². The molecule has 0 bridgehead atoms. The number of rotatable bonds is 7. The highest BCUT2D eigenvalue weighted by atomic mass is 127. The lowest BCUT2D eigenvalue weighted by molar-refractivity contribution is 0.204. The normalized spacial score (nSPS) is 16.1. The first-order valence-corrected chi connectivity index (χ1v) is 8.33. The van der Waals surface area contributed by atoms with Gasteiger partial charge in [-0.05, 0) is 67.0 Å². The Kier molecular flexibility index (Phi) is 11.1. The maximum absolute atomic E-state index is 4.72. The summed E-state index contributed by atoms with van der Waals surface area (Å²) in [6.45, 7) is 9.20. The van der Waals surface area contributed by atoms with Gasteiger partial charge in [-0.2, -0.15) is 0 Å². The summed E-state index contributed by atoms with van der Waals surface area (Å²) in [5.74, 6) is 0.934. The first kappa shape index (κ1) is 21.7. The average Bonchev–Trinajstić information content (AvgIpc) is 2.46. The van der Waals surface area contributed by atoms with E-state index in [2.05, 4.69) is 56.5 Å². The van der Waals surface area contributed by atoms with Crippen LogP contribution in [0.3, 0.4) is 0 Å². The Hall–Kier alpha value is -0.300. The first-order chi connectivity index (χ1) is 9.95. The van der Waals surface area contributed by atoms with E-state index in [1.54, 1.807) is 5.57 Å². The van der Waals surface area contributed by atoms with Crippen molar-refractivity contribution >= 4 is 29.9 Å². The van der Waals surface area contributed by atoms with Crippen molar-refractivity contribution in [2.45, 2.75) is 58.4 Å². The SMILES string of the molecule is CCNC(=NCC(C)(C)N(C)C)NCCC1=CCCCC1.I. The monoisotopic (exact) mass is 422 g/mol. The molecule has 0 saturated heterocycles. The van der Waals surface area contributed by atoms with Gasteiger partial charge in [0.05, 0.1) is 6.54 Å².